The molecule has 3 heterocycles. The number of benzene rings is 1. The molecule has 0 unspecified atom stereocenters. The van der Waals surface area contributed by atoms with Gasteiger partial charge >= 0.3 is 0 Å². The molecule has 128 valence electrons. The van der Waals surface area contributed by atoms with Gasteiger partial charge in [0, 0.05) is 30.4 Å². The number of carbonyl (C=O) groups is 1. The Morgan fingerprint density at radius 1 is 1.12 bits per heavy atom. The van der Waals surface area contributed by atoms with Crippen molar-refractivity contribution >= 4 is 17.0 Å². The van der Waals surface area contributed by atoms with Crippen molar-refractivity contribution in [3.8, 4) is 11.4 Å². The molecular weight excluding hydrogens is 330 g/mol. The number of carbonyl (C=O) groups excluding carboxylic acids is 1. The Balaban J connectivity index is 1.45. The highest BCUT2D eigenvalue weighted by atomic mass is 16.3. The second kappa shape index (κ2) is 6.72. The maximum absolute atomic E-state index is 12.3. The van der Waals surface area contributed by atoms with Gasteiger partial charge in [-0.3, -0.25) is 9.78 Å². The van der Waals surface area contributed by atoms with E-state index in [0.29, 0.717) is 22.9 Å². The summed E-state index contributed by atoms with van der Waals surface area (Å²) in [6.07, 6.45) is 6.32. The van der Waals surface area contributed by atoms with Gasteiger partial charge in [-0.15, -0.1) is 0 Å². The van der Waals surface area contributed by atoms with Crippen LogP contribution in [0, 0.1) is 6.92 Å². The first kappa shape index (κ1) is 15.9. The zero-order valence-electron chi connectivity index (χ0n) is 14.0. The van der Waals surface area contributed by atoms with Crippen molar-refractivity contribution < 1.29 is 9.21 Å². The molecule has 3 aromatic heterocycles. The maximum Gasteiger partial charge on any atom is 0.254 e. The highest BCUT2D eigenvalue weighted by molar-refractivity contribution is 5.93. The minimum absolute atomic E-state index is 0.192. The van der Waals surface area contributed by atoms with Crippen molar-refractivity contribution in [2.45, 2.75) is 13.5 Å². The van der Waals surface area contributed by atoms with E-state index < -0.39 is 0 Å². The SMILES string of the molecule is Cc1cccc2oc(CNC(=O)c3cnc(-c4cccnc4)nc3)nc12. The summed E-state index contributed by atoms with van der Waals surface area (Å²) in [4.78, 5) is 29.2. The van der Waals surface area contributed by atoms with Crippen LogP contribution in [0.3, 0.4) is 0 Å². The van der Waals surface area contributed by atoms with E-state index in [2.05, 4.69) is 25.3 Å². The smallest absolute Gasteiger partial charge is 0.254 e. The van der Waals surface area contributed by atoms with Crippen molar-refractivity contribution in [2.75, 3.05) is 0 Å². The van der Waals surface area contributed by atoms with Gasteiger partial charge < -0.3 is 9.73 Å². The number of rotatable bonds is 4. The molecule has 0 saturated heterocycles. The van der Waals surface area contributed by atoms with Gasteiger partial charge in [-0.25, -0.2) is 15.0 Å². The van der Waals surface area contributed by atoms with Gasteiger partial charge in [0.25, 0.3) is 5.91 Å². The average Bonchev–Trinajstić information content (AvgIpc) is 3.11. The lowest BCUT2D eigenvalue weighted by atomic mass is 10.2. The Bertz CT molecular complexity index is 1060. The number of hydrogen-bond acceptors (Lipinski definition) is 6. The second-order valence-electron chi connectivity index (χ2n) is 5.75. The predicted octanol–water partition coefficient (Wildman–Crippen LogP) is 2.92. The van der Waals surface area contributed by atoms with Crippen molar-refractivity contribution in [2.24, 2.45) is 0 Å². The van der Waals surface area contributed by atoms with Crippen LogP contribution in [-0.2, 0) is 6.54 Å². The second-order valence-corrected chi connectivity index (χ2v) is 5.75. The third kappa shape index (κ3) is 3.14. The van der Waals surface area contributed by atoms with E-state index in [9.17, 15) is 4.79 Å². The topological polar surface area (TPSA) is 93.8 Å². The first-order valence-corrected chi connectivity index (χ1v) is 8.06. The van der Waals surface area contributed by atoms with E-state index >= 15 is 0 Å². The number of amides is 1. The number of oxazole rings is 1. The first-order valence-electron chi connectivity index (χ1n) is 8.06. The number of aryl methyl sites for hydroxylation is 1. The quantitative estimate of drug-likeness (QED) is 0.611. The maximum atomic E-state index is 12.3. The summed E-state index contributed by atoms with van der Waals surface area (Å²) < 4.78 is 5.65. The van der Waals surface area contributed by atoms with Gasteiger partial charge in [0.1, 0.15) is 5.52 Å². The predicted molar refractivity (Wildman–Crippen MR) is 95.2 cm³/mol. The zero-order chi connectivity index (χ0) is 17.9. The molecule has 0 aliphatic heterocycles. The van der Waals surface area contributed by atoms with Gasteiger partial charge in [-0.05, 0) is 30.7 Å². The molecule has 4 rings (SSSR count). The lowest BCUT2D eigenvalue weighted by molar-refractivity contribution is 0.0947. The highest BCUT2D eigenvalue weighted by Gasteiger charge is 2.11. The molecule has 0 aliphatic rings. The number of para-hydroxylation sites is 1. The number of hydrogen-bond donors (Lipinski definition) is 1. The van der Waals surface area contributed by atoms with E-state index in [-0.39, 0.29) is 12.5 Å². The first-order chi connectivity index (χ1) is 12.7. The van der Waals surface area contributed by atoms with Crippen LogP contribution in [0.15, 0.2) is 59.5 Å². The molecule has 0 aliphatic carbocycles. The van der Waals surface area contributed by atoms with Crippen molar-refractivity contribution in [1.29, 1.82) is 0 Å². The fraction of sp³-hybridized carbons (Fsp3) is 0.105. The summed E-state index contributed by atoms with van der Waals surface area (Å²) in [6, 6.07) is 9.39. The van der Waals surface area contributed by atoms with Gasteiger partial charge in [-0.2, -0.15) is 0 Å². The summed E-state index contributed by atoms with van der Waals surface area (Å²) in [5.74, 6) is 0.682. The van der Waals surface area contributed by atoms with Crippen LogP contribution in [0.1, 0.15) is 21.8 Å². The van der Waals surface area contributed by atoms with E-state index in [1.165, 1.54) is 12.4 Å². The van der Waals surface area contributed by atoms with Crippen molar-refractivity contribution in [3.63, 3.8) is 0 Å². The Hall–Kier alpha value is -3.61. The lowest BCUT2D eigenvalue weighted by Gasteiger charge is -2.03. The van der Waals surface area contributed by atoms with Crippen molar-refractivity contribution in [1.82, 2.24) is 25.3 Å². The Morgan fingerprint density at radius 3 is 2.69 bits per heavy atom. The monoisotopic (exact) mass is 345 g/mol. The summed E-state index contributed by atoms with van der Waals surface area (Å²) in [5.41, 5.74) is 3.70. The summed E-state index contributed by atoms with van der Waals surface area (Å²) >= 11 is 0. The third-order valence-corrected chi connectivity index (χ3v) is 3.90. The van der Waals surface area contributed by atoms with E-state index in [4.69, 9.17) is 4.42 Å². The Morgan fingerprint density at radius 2 is 1.96 bits per heavy atom. The zero-order valence-corrected chi connectivity index (χ0v) is 14.0. The largest absolute Gasteiger partial charge is 0.439 e. The van der Waals surface area contributed by atoms with Crippen LogP contribution in [0.25, 0.3) is 22.5 Å². The Kier molecular flexibility index (Phi) is 4.10. The molecule has 0 bridgehead atoms. The Labute approximate surface area is 149 Å². The molecule has 0 atom stereocenters. The van der Waals surface area contributed by atoms with Gasteiger partial charge in [0.2, 0.25) is 5.89 Å². The summed E-state index contributed by atoms with van der Waals surface area (Å²) in [6.45, 7) is 2.16. The van der Waals surface area contributed by atoms with Gasteiger partial charge in [-0.1, -0.05) is 12.1 Å². The molecule has 0 radical (unpaired) electrons. The molecular formula is C19H15N5O2. The molecule has 4 aromatic rings. The van der Waals surface area contributed by atoms with Crippen LogP contribution in [0.2, 0.25) is 0 Å². The average molecular weight is 345 g/mol. The lowest BCUT2D eigenvalue weighted by Crippen LogP contribution is -2.23. The molecule has 0 fully saturated rings. The normalized spacial score (nSPS) is 10.8. The van der Waals surface area contributed by atoms with Crippen LogP contribution in [-0.4, -0.2) is 25.8 Å². The number of pyridine rings is 1. The summed E-state index contributed by atoms with van der Waals surface area (Å²) in [7, 11) is 0. The number of aromatic nitrogens is 4. The van der Waals surface area contributed by atoms with Crippen LogP contribution in [0.4, 0.5) is 0 Å². The third-order valence-electron chi connectivity index (χ3n) is 3.90. The van der Waals surface area contributed by atoms with E-state index in [0.717, 1.165) is 16.6 Å². The van der Waals surface area contributed by atoms with Gasteiger partial charge in [0.05, 0.1) is 12.1 Å². The summed E-state index contributed by atoms with van der Waals surface area (Å²) in [5, 5.41) is 2.77. The molecule has 26 heavy (non-hydrogen) atoms. The van der Waals surface area contributed by atoms with Crippen molar-refractivity contribution in [3.05, 3.63) is 72.1 Å². The fourth-order valence-electron chi connectivity index (χ4n) is 2.56. The number of nitrogens with one attached hydrogen (secondary N) is 1. The number of fused-ring (bicyclic) bond motifs is 1. The molecule has 1 amide bonds. The molecule has 1 aromatic carbocycles. The molecule has 1 N–H and O–H groups in total. The molecule has 0 saturated carbocycles. The van der Waals surface area contributed by atoms with Crippen LogP contribution >= 0.6 is 0 Å². The van der Waals surface area contributed by atoms with E-state index in [1.807, 2.05) is 31.2 Å². The fourth-order valence-corrected chi connectivity index (χ4v) is 2.56. The minimum atomic E-state index is -0.290. The van der Waals surface area contributed by atoms with Crippen LogP contribution < -0.4 is 5.32 Å². The van der Waals surface area contributed by atoms with Crippen LogP contribution in [0.5, 0.6) is 0 Å². The number of nitrogens with zero attached hydrogens (tertiary/aromatic N) is 4. The van der Waals surface area contributed by atoms with E-state index in [1.54, 1.807) is 18.5 Å². The standard InChI is InChI=1S/C19H15N5O2/c1-12-4-2-6-15-17(12)24-16(26-15)11-23-19(25)14-9-21-18(22-10-14)13-5-3-7-20-8-13/h2-10H,11H2,1H3,(H,23,25). The molecule has 0 spiro atoms. The van der Waals surface area contributed by atoms with Gasteiger partial charge in [0.15, 0.2) is 11.4 Å². The minimum Gasteiger partial charge on any atom is -0.439 e. The highest BCUT2D eigenvalue weighted by Crippen LogP contribution is 2.18. The molecule has 7 heteroatoms. The molecule has 7 nitrogen and oxygen atoms in total.